The summed E-state index contributed by atoms with van der Waals surface area (Å²) in [5, 5.41) is 0. The molecule has 3 rings (SSSR count). The Hall–Kier alpha value is -1.02. The Kier molecular flexibility index (Phi) is 5.77. The van der Waals surface area contributed by atoms with Crippen LogP contribution in [0.1, 0.15) is 50.5 Å². The first kappa shape index (κ1) is 15.9. The SMILES string of the molecule is Cc1ccc(OCC2CCN(CC3CCCCC3)CC2)cc1. The van der Waals surface area contributed by atoms with Crippen molar-refractivity contribution in [3.63, 3.8) is 0 Å². The van der Waals surface area contributed by atoms with Crippen molar-refractivity contribution in [3.05, 3.63) is 29.8 Å². The summed E-state index contributed by atoms with van der Waals surface area (Å²) in [5.74, 6) is 2.74. The van der Waals surface area contributed by atoms with E-state index < -0.39 is 0 Å². The van der Waals surface area contributed by atoms with Crippen molar-refractivity contribution in [1.29, 1.82) is 0 Å². The van der Waals surface area contributed by atoms with Gasteiger partial charge in [-0.05, 0) is 69.7 Å². The number of hydrogen-bond donors (Lipinski definition) is 0. The third-order valence-electron chi connectivity index (χ3n) is 5.45. The van der Waals surface area contributed by atoms with Crippen molar-refractivity contribution in [3.8, 4) is 5.75 Å². The van der Waals surface area contributed by atoms with Crippen LogP contribution in [0.2, 0.25) is 0 Å². The van der Waals surface area contributed by atoms with Crippen molar-refractivity contribution in [1.82, 2.24) is 4.90 Å². The van der Waals surface area contributed by atoms with Gasteiger partial charge in [0.15, 0.2) is 0 Å². The van der Waals surface area contributed by atoms with Crippen LogP contribution in [0.5, 0.6) is 5.75 Å². The van der Waals surface area contributed by atoms with Crippen molar-refractivity contribution in [2.75, 3.05) is 26.2 Å². The maximum atomic E-state index is 5.97. The number of aryl methyl sites for hydroxylation is 1. The lowest BCUT2D eigenvalue weighted by Crippen LogP contribution is -2.38. The number of nitrogens with zero attached hydrogens (tertiary/aromatic N) is 1. The van der Waals surface area contributed by atoms with Gasteiger partial charge < -0.3 is 9.64 Å². The lowest BCUT2D eigenvalue weighted by Gasteiger charge is -2.35. The molecule has 1 heterocycles. The first-order chi connectivity index (χ1) is 10.8. The molecular formula is C20H31NO. The number of likely N-dealkylation sites (tertiary alicyclic amines) is 1. The van der Waals surface area contributed by atoms with Gasteiger partial charge in [0.2, 0.25) is 0 Å². The molecule has 122 valence electrons. The van der Waals surface area contributed by atoms with Crippen LogP contribution in [-0.2, 0) is 0 Å². The molecular weight excluding hydrogens is 270 g/mol. The Labute approximate surface area is 135 Å². The molecule has 0 spiro atoms. The van der Waals surface area contributed by atoms with Crippen molar-refractivity contribution < 1.29 is 4.74 Å². The molecule has 2 fully saturated rings. The predicted octanol–water partition coefficient (Wildman–Crippen LogP) is 4.67. The minimum Gasteiger partial charge on any atom is -0.493 e. The monoisotopic (exact) mass is 301 g/mol. The highest BCUT2D eigenvalue weighted by molar-refractivity contribution is 5.26. The molecule has 0 amide bonds. The van der Waals surface area contributed by atoms with Gasteiger partial charge in [-0.2, -0.15) is 0 Å². The molecule has 1 aliphatic carbocycles. The fraction of sp³-hybridized carbons (Fsp3) is 0.700. The van der Waals surface area contributed by atoms with Crippen LogP contribution in [0.15, 0.2) is 24.3 Å². The van der Waals surface area contributed by atoms with Crippen LogP contribution in [0, 0.1) is 18.8 Å². The van der Waals surface area contributed by atoms with Gasteiger partial charge >= 0.3 is 0 Å². The van der Waals surface area contributed by atoms with Gasteiger partial charge in [-0.3, -0.25) is 0 Å². The summed E-state index contributed by atoms with van der Waals surface area (Å²) in [5.41, 5.74) is 1.29. The molecule has 0 unspecified atom stereocenters. The average Bonchev–Trinajstić information content (AvgIpc) is 2.57. The fourth-order valence-corrected chi connectivity index (χ4v) is 3.92. The Bertz CT molecular complexity index is 428. The molecule has 1 saturated heterocycles. The molecule has 0 atom stereocenters. The molecule has 0 aromatic heterocycles. The van der Waals surface area contributed by atoms with Gasteiger partial charge in [-0.1, -0.05) is 37.0 Å². The number of hydrogen-bond acceptors (Lipinski definition) is 2. The quantitative estimate of drug-likeness (QED) is 0.784. The van der Waals surface area contributed by atoms with Crippen LogP contribution in [0.3, 0.4) is 0 Å². The molecule has 1 aromatic carbocycles. The third kappa shape index (κ3) is 4.74. The van der Waals surface area contributed by atoms with E-state index >= 15 is 0 Å². The number of benzene rings is 1. The van der Waals surface area contributed by atoms with Gasteiger partial charge in [0, 0.05) is 6.54 Å². The minimum absolute atomic E-state index is 0.740. The van der Waals surface area contributed by atoms with Crippen LogP contribution in [0.25, 0.3) is 0 Å². The summed E-state index contributed by atoms with van der Waals surface area (Å²) in [4.78, 5) is 2.71. The van der Waals surface area contributed by atoms with Crippen LogP contribution >= 0.6 is 0 Å². The maximum Gasteiger partial charge on any atom is 0.119 e. The summed E-state index contributed by atoms with van der Waals surface area (Å²) < 4.78 is 5.97. The molecule has 22 heavy (non-hydrogen) atoms. The number of ether oxygens (including phenoxy) is 1. The van der Waals surface area contributed by atoms with E-state index in [-0.39, 0.29) is 0 Å². The van der Waals surface area contributed by atoms with Crippen molar-refractivity contribution in [2.24, 2.45) is 11.8 Å². The smallest absolute Gasteiger partial charge is 0.119 e. The molecule has 1 aliphatic heterocycles. The highest BCUT2D eigenvalue weighted by atomic mass is 16.5. The Morgan fingerprint density at radius 3 is 2.27 bits per heavy atom. The van der Waals surface area contributed by atoms with E-state index in [0.29, 0.717) is 0 Å². The van der Waals surface area contributed by atoms with Crippen molar-refractivity contribution >= 4 is 0 Å². The highest BCUT2D eigenvalue weighted by Gasteiger charge is 2.23. The summed E-state index contributed by atoms with van der Waals surface area (Å²) >= 11 is 0. The largest absolute Gasteiger partial charge is 0.493 e. The zero-order valence-electron chi connectivity index (χ0n) is 14.1. The molecule has 1 aromatic rings. The van der Waals surface area contributed by atoms with E-state index in [2.05, 4.69) is 36.1 Å². The average molecular weight is 301 g/mol. The van der Waals surface area contributed by atoms with Crippen LogP contribution < -0.4 is 4.74 Å². The van der Waals surface area contributed by atoms with Gasteiger partial charge in [0.25, 0.3) is 0 Å². The van der Waals surface area contributed by atoms with E-state index in [0.717, 1.165) is 24.2 Å². The highest BCUT2D eigenvalue weighted by Crippen LogP contribution is 2.26. The molecule has 1 saturated carbocycles. The minimum atomic E-state index is 0.740. The molecule has 2 nitrogen and oxygen atoms in total. The Morgan fingerprint density at radius 2 is 1.59 bits per heavy atom. The zero-order chi connectivity index (χ0) is 15.2. The maximum absolute atomic E-state index is 5.97. The van der Waals surface area contributed by atoms with Gasteiger partial charge in [-0.15, -0.1) is 0 Å². The van der Waals surface area contributed by atoms with Crippen LogP contribution in [-0.4, -0.2) is 31.1 Å². The molecule has 0 N–H and O–H groups in total. The lowest BCUT2D eigenvalue weighted by molar-refractivity contribution is 0.119. The lowest BCUT2D eigenvalue weighted by atomic mass is 9.88. The van der Waals surface area contributed by atoms with Gasteiger partial charge in [0.05, 0.1) is 6.61 Å². The topological polar surface area (TPSA) is 12.5 Å². The molecule has 2 aliphatic rings. The standard InChI is InChI=1S/C20H31NO/c1-17-7-9-20(10-8-17)22-16-19-11-13-21(14-12-19)15-18-5-3-2-4-6-18/h7-10,18-19H,2-6,11-16H2,1H3. The third-order valence-corrected chi connectivity index (χ3v) is 5.45. The van der Waals surface area contributed by atoms with E-state index in [9.17, 15) is 0 Å². The van der Waals surface area contributed by atoms with E-state index in [4.69, 9.17) is 4.74 Å². The predicted molar refractivity (Wildman–Crippen MR) is 92.4 cm³/mol. The molecule has 0 radical (unpaired) electrons. The number of rotatable bonds is 5. The summed E-state index contributed by atoms with van der Waals surface area (Å²) in [6, 6.07) is 8.44. The summed E-state index contributed by atoms with van der Waals surface area (Å²) in [6.45, 7) is 6.91. The van der Waals surface area contributed by atoms with E-state index in [1.807, 2.05) is 0 Å². The summed E-state index contributed by atoms with van der Waals surface area (Å²) in [7, 11) is 0. The second-order valence-electron chi connectivity index (χ2n) is 7.37. The fourth-order valence-electron chi connectivity index (χ4n) is 3.92. The van der Waals surface area contributed by atoms with Gasteiger partial charge in [0.1, 0.15) is 5.75 Å². The number of piperidine rings is 1. The Morgan fingerprint density at radius 1 is 0.909 bits per heavy atom. The first-order valence-electron chi connectivity index (χ1n) is 9.21. The second kappa shape index (κ2) is 8.01. The normalized spacial score (nSPS) is 21.9. The van der Waals surface area contributed by atoms with Gasteiger partial charge in [-0.25, -0.2) is 0 Å². The van der Waals surface area contributed by atoms with Crippen molar-refractivity contribution in [2.45, 2.75) is 51.9 Å². The summed E-state index contributed by atoms with van der Waals surface area (Å²) in [6.07, 6.45) is 9.94. The molecule has 0 bridgehead atoms. The second-order valence-corrected chi connectivity index (χ2v) is 7.37. The first-order valence-corrected chi connectivity index (χ1v) is 9.21. The molecule has 2 heteroatoms. The van der Waals surface area contributed by atoms with Crippen LogP contribution in [0.4, 0.5) is 0 Å². The van der Waals surface area contributed by atoms with E-state index in [1.54, 1.807) is 0 Å². The zero-order valence-corrected chi connectivity index (χ0v) is 14.1. The van der Waals surface area contributed by atoms with E-state index in [1.165, 1.54) is 70.1 Å². The Balaban J connectivity index is 1.35.